The summed E-state index contributed by atoms with van der Waals surface area (Å²) in [5, 5.41) is 8.74. The minimum absolute atomic E-state index is 0.247. The fourth-order valence-electron chi connectivity index (χ4n) is 1.50. The van der Waals surface area contributed by atoms with Gasteiger partial charge in [-0.15, -0.1) is 5.10 Å². The van der Waals surface area contributed by atoms with E-state index in [1.807, 2.05) is 31.2 Å². The molecule has 4 heteroatoms. The van der Waals surface area contributed by atoms with Crippen LogP contribution < -0.4 is 5.73 Å². The number of amidine groups is 1. The molecular weight excluding hydrogens is 210 g/mol. The van der Waals surface area contributed by atoms with Crippen LogP contribution in [-0.4, -0.2) is 11.5 Å². The lowest BCUT2D eigenvalue weighted by atomic mass is 9.97. The van der Waals surface area contributed by atoms with E-state index in [0.717, 1.165) is 17.7 Å². The SMILES string of the molecule is CC1CC(c2cccc(Cl)c2)=NN=C1N. The van der Waals surface area contributed by atoms with Crippen LogP contribution in [0.1, 0.15) is 18.9 Å². The van der Waals surface area contributed by atoms with E-state index in [4.69, 9.17) is 17.3 Å². The van der Waals surface area contributed by atoms with Crippen molar-refractivity contribution >= 4 is 23.1 Å². The number of nitrogens with two attached hydrogens (primary N) is 1. The Balaban J connectivity index is 2.33. The van der Waals surface area contributed by atoms with Crippen LogP contribution in [0.25, 0.3) is 0 Å². The molecule has 1 atom stereocenters. The van der Waals surface area contributed by atoms with Crippen LogP contribution in [0.15, 0.2) is 34.5 Å². The maximum Gasteiger partial charge on any atom is 0.125 e. The van der Waals surface area contributed by atoms with Crippen LogP contribution in [-0.2, 0) is 0 Å². The molecule has 0 saturated heterocycles. The van der Waals surface area contributed by atoms with Crippen LogP contribution in [0.2, 0.25) is 5.02 Å². The molecule has 0 bridgehead atoms. The molecule has 2 rings (SSSR count). The van der Waals surface area contributed by atoms with Crippen molar-refractivity contribution in [2.45, 2.75) is 13.3 Å². The number of hydrogen-bond donors (Lipinski definition) is 1. The summed E-state index contributed by atoms with van der Waals surface area (Å²) in [5.41, 5.74) is 7.63. The molecule has 0 aliphatic carbocycles. The van der Waals surface area contributed by atoms with Crippen molar-refractivity contribution in [2.24, 2.45) is 21.9 Å². The van der Waals surface area contributed by atoms with E-state index in [9.17, 15) is 0 Å². The molecule has 1 unspecified atom stereocenters. The predicted octanol–water partition coefficient (Wildman–Crippen LogP) is 2.44. The third-order valence-corrected chi connectivity index (χ3v) is 2.68. The lowest BCUT2D eigenvalue weighted by molar-refractivity contribution is 0.779. The highest BCUT2D eigenvalue weighted by molar-refractivity contribution is 6.31. The Morgan fingerprint density at radius 2 is 2.20 bits per heavy atom. The van der Waals surface area contributed by atoms with E-state index in [0.29, 0.717) is 10.9 Å². The summed E-state index contributed by atoms with van der Waals surface area (Å²) in [6.07, 6.45) is 0.815. The van der Waals surface area contributed by atoms with Gasteiger partial charge in [-0.1, -0.05) is 30.7 Å². The zero-order valence-electron chi connectivity index (χ0n) is 8.44. The van der Waals surface area contributed by atoms with E-state index < -0.39 is 0 Å². The van der Waals surface area contributed by atoms with Crippen LogP contribution in [0.3, 0.4) is 0 Å². The van der Waals surface area contributed by atoms with Gasteiger partial charge in [0.05, 0.1) is 5.71 Å². The molecule has 15 heavy (non-hydrogen) atoms. The summed E-state index contributed by atoms with van der Waals surface area (Å²) in [7, 11) is 0. The quantitative estimate of drug-likeness (QED) is 0.778. The molecule has 0 radical (unpaired) electrons. The standard InChI is InChI=1S/C11H12ClN3/c1-7-5-10(14-15-11(7)13)8-3-2-4-9(12)6-8/h2-4,6-7H,5H2,1H3,(H2,13,15). The van der Waals surface area contributed by atoms with Gasteiger partial charge in [-0.2, -0.15) is 5.10 Å². The van der Waals surface area contributed by atoms with Gasteiger partial charge in [0.25, 0.3) is 0 Å². The second-order valence-corrected chi connectivity index (χ2v) is 4.12. The summed E-state index contributed by atoms with van der Waals surface area (Å²) in [6, 6.07) is 7.63. The Morgan fingerprint density at radius 3 is 2.87 bits per heavy atom. The van der Waals surface area contributed by atoms with Crippen LogP contribution >= 0.6 is 11.6 Å². The van der Waals surface area contributed by atoms with E-state index >= 15 is 0 Å². The largest absolute Gasteiger partial charge is 0.385 e. The van der Waals surface area contributed by atoms with Crippen molar-refractivity contribution in [3.8, 4) is 0 Å². The summed E-state index contributed by atoms with van der Waals surface area (Å²) >= 11 is 5.91. The summed E-state index contributed by atoms with van der Waals surface area (Å²) in [5.74, 6) is 0.845. The summed E-state index contributed by atoms with van der Waals surface area (Å²) in [4.78, 5) is 0. The van der Waals surface area contributed by atoms with E-state index in [1.165, 1.54) is 0 Å². The Hall–Kier alpha value is -1.35. The van der Waals surface area contributed by atoms with Crippen molar-refractivity contribution in [2.75, 3.05) is 0 Å². The highest BCUT2D eigenvalue weighted by atomic mass is 35.5. The zero-order valence-corrected chi connectivity index (χ0v) is 9.20. The first-order valence-electron chi connectivity index (χ1n) is 4.82. The third kappa shape index (κ3) is 2.18. The molecular formula is C11H12ClN3. The predicted molar refractivity (Wildman–Crippen MR) is 63.4 cm³/mol. The highest BCUT2D eigenvalue weighted by Gasteiger charge is 2.17. The van der Waals surface area contributed by atoms with E-state index in [-0.39, 0.29) is 5.92 Å². The molecule has 1 aromatic rings. The molecule has 3 nitrogen and oxygen atoms in total. The molecule has 1 aromatic carbocycles. The first kappa shape index (κ1) is 10.2. The minimum Gasteiger partial charge on any atom is -0.385 e. The summed E-state index contributed by atoms with van der Waals surface area (Å²) < 4.78 is 0. The molecule has 0 fully saturated rings. The van der Waals surface area contributed by atoms with Gasteiger partial charge in [0.15, 0.2) is 0 Å². The Labute approximate surface area is 93.7 Å². The fourth-order valence-corrected chi connectivity index (χ4v) is 1.69. The molecule has 1 aliphatic heterocycles. The topological polar surface area (TPSA) is 50.7 Å². The number of benzene rings is 1. The first-order valence-corrected chi connectivity index (χ1v) is 5.20. The van der Waals surface area contributed by atoms with Gasteiger partial charge in [0.2, 0.25) is 0 Å². The Bertz CT molecular complexity index is 437. The van der Waals surface area contributed by atoms with E-state index in [1.54, 1.807) is 0 Å². The molecule has 0 aromatic heterocycles. The average molecular weight is 222 g/mol. The van der Waals surface area contributed by atoms with Crippen molar-refractivity contribution in [1.82, 2.24) is 0 Å². The van der Waals surface area contributed by atoms with Gasteiger partial charge in [0.1, 0.15) is 5.84 Å². The lowest BCUT2D eigenvalue weighted by Gasteiger charge is -2.16. The van der Waals surface area contributed by atoms with Gasteiger partial charge in [-0.3, -0.25) is 0 Å². The monoisotopic (exact) mass is 221 g/mol. The van der Waals surface area contributed by atoms with Gasteiger partial charge >= 0.3 is 0 Å². The normalized spacial score (nSPS) is 20.8. The van der Waals surface area contributed by atoms with Crippen molar-refractivity contribution in [3.63, 3.8) is 0 Å². The van der Waals surface area contributed by atoms with Crippen molar-refractivity contribution in [3.05, 3.63) is 34.9 Å². The molecule has 1 heterocycles. The maximum absolute atomic E-state index is 5.91. The lowest BCUT2D eigenvalue weighted by Crippen LogP contribution is -2.26. The van der Waals surface area contributed by atoms with Crippen molar-refractivity contribution < 1.29 is 0 Å². The van der Waals surface area contributed by atoms with Crippen LogP contribution in [0, 0.1) is 5.92 Å². The second-order valence-electron chi connectivity index (χ2n) is 3.69. The number of nitrogens with zero attached hydrogens (tertiary/aromatic N) is 2. The zero-order chi connectivity index (χ0) is 10.8. The minimum atomic E-state index is 0.247. The smallest absolute Gasteiger partial charge is 0.125 e. The molecule has 2 N–H and O–H groups in total. The van der Waals surface area contributed by atoms with Gasteiger partial charge in [0, 0.05) is 17.4 Å². The first-order chi connectivity index (χ1) is 7.16. The average Bonchev–Trinajstić information content (AvgIpc) is 2.22. The van der Waals surface area contributed by atoms with Crippen molar-refractivity contribution in [1.29, 1.82) is 0 Å². The number of halogens is 1. The molecule has 78 valence electrons. The van der Waals surface area contributed by atoms with Gasteiger partial charge < -0.3 is 5.73 Å². The van der Waals surface area contributed by atoms with Gasteiger partial charge in [-0.05, 0) is 17.7 Å². The van der Waals surface area contributed by atoms with Crippen LogP contribution in [0.4, 0.5) is 0 Å². The fraction of sp³-hybridized carbons (Fsp3) is 0.273. The number of hydrogen-bond acceptors (Lipinski definition) is 3. The second kappa shape index (κ2) is 4.03. The third-order valence-electron chi connectivity index (χ3n) is 2.45. The Morgan fingerprint density at radius 1 is 1.40 bits per heavy atom. The Kier molecular flexibility index (Phi) is 2.73. The number of rotatable bonds is 1. The summed E-state index contributed by atoms with van der Waals surface area (Å²) in [6.45, 7) is 2.04. The molecule has 0 amide bonds. The molecule has 1 aliphatic rings. The maximum atomic E-state index is 5.91. The van der Waals surface area contributed by atoms with Crippen LogP contribution in [0.5, 0.6) is 0 Å². The molecule has 0 spiro atoms. The highest BCUT2D eigenvalue weighted by Crippen LogP contribution is 2.18. The molecule has 0 saturated carbocycles. The van der Waals surface area contributed by atoms with Gasteiger partial charge in [-0.25, -0.2) is 0 Å². The van der Waals surface area contributed by atoms with E-state index in [2.05, 4.69) is 10.2 Å².